The molecule has 0 fully saturated rings. The van der Waals surface area contributed by atoms with Gasteiger partial charge in [-0.25, -0.2) is 8.78 Å². The number of rotatable bonds is 4. The molecule has 0 aromatic heterocycles. The lowest BCUT2D eigenvalue weighted by atomic mass is 9.93. The van der Waals surface area contributed by atoms with Crippen LogP contribution in [0.1, 0.15) is 28.7 Å². The van der Waals surface area contributed by atoms with Crippen molar-refractivity contribution >= 4 is 0 Å². The minimum Gasteiger partial charge on any atom is -0.496 e. The van der Waals surface area contributed by atoms with Crippen LogP contribution in [0.25, 0.3) is 0 Å². The summed E-state index contributed by atoms with van der Waals surface area (Å²) < 4.78 is 32.8. The molecule has 96 valence electrons. The molecule has 1 rings (SSSR count). The Labute approximate surface area is 100 Å². The molecule has 1 N–H and O–H groups in total. The van der Waals surface area contributed by atoms with Crippen LogP contribution in [0.3, 0.4) is 0 Å². The Morgan fingerprint density at radius 1 is 1.24 bits per heavy atom. The van der Waals surface area contributed by atoms with Crippen LogP contribution in [-0.2, 0) is 5.92 Å². The van der Waals surface area contributed by atoms with Crippen LogP contribution in [0.4, 0.5) is 8.78 Å². The molecule has 0 radical (unpaired) electrons. The molecule has 0 atom stereocenters. The molecule has 0 bridgehead atoms. The average molecular weight is 244 g/mol. The third-order valence-corrected chi connectivity index (χ3v) is 3.05. The van der Waals surface area contributed by atoms with E-state index in [0.717, 1.165) is 5.56 Å². The van der Waals surface area contributed by atoms with Crippen molar-refractivity contribution in [3.05, 3.63) is 28.3 Å². The normalized spacial score (nSPS) is 11.7. The molecule has 0 spiro atoms. The summed E-state index contributed by atoms with van der Waals surface area (Å²) in [6, 6.07) is 1.44. The van der Waals surface area contributed by atoms with Crippen LogP contribution in [0, 0.1) is 20.8 Å². The van der Waals surface area contributed by atoms with E-state index in [1.54, 1.807) is 20.8 Å². The Bertz CT molecular complexity index is 414. The second-order valence-electron chi connectivity index (χ2n) is 4.20. The first-order chi connectivity index (χ1) is 7.85. The standard InChI is InChI=1S/C13H18F2O2/c1-8-7-11(13(14,15)5-6-16)9(2)10(3)12(8)17-4/h7,16H,5-6H2,1-4H3. The predicted octanol–water partition coefficient (Wildman–Crippen LogP) is 3.09. The molecule has 0 aliphatic heterocycles. The zero-order valence-corrected chi connectivity index (χ0v) is 10.6. The van der Waals surface area contributed by atoms with Gasteiger partial charge in [-0.1, -0.05) is 0 Å². The maximum Gasteiger partial charge on any atom is 0.275 e. The molecule has 0 saturated heterocycles. The molecule has 0 saturated carbocycles. The van der Waals surface area contributed by atoms with Crippen LogP contribution in [0.5, 0.6) is 5.75 Å². The number of methoxy groups -OCH3 is 1. The van der Waals surface area contributed by atoms with Gasteiger partial charge < -0.3 is 9.84 Å². The topological polar surface area (TPSA) is 29.5 Å². The molecule has 0 aliphatic carbocycles. The summed E-state index contributed by atoms with van der Waals surface area (Å²) >= 11 is 0. The number of aryl methyl sites for hydroxylation is 1. The molecule has 0 aliphatic rings. The van der Waals surface area contributed by atoms with E-state index < -0.39 is 19.0 Å². The summed E-state index contributed by atoms with van der Waals surface area (Å²) in [5.74, 6) is -2.35. The summed E-state index contributed by atoms with van der Waals surface area (Å²) in [5.41, 5.74) is 1.90. The van der Waals surface area contributed by atoms with Crippen molar-refractivity contribution in [2.45, 2.75) is 33.1 Å². The third kappa shape index (κ3) is 2.57. The van der Waals surface area contributed by atoms with Crippen LogP contribution in [0.2, 0.25) is 0 Å². The summed E-state index contributed by atoms with van der Waals surface area (Å²) in [4.78, 5) is 0. The molecular weight excluding hydrogens is 226 g/mol. The lowest BCUT2D eigenvalue weighted by Crippen LogP contribution is -2.18. The maximum atomic E-state index is 13.8. The minimum atomic E-state index is -3.00. The zero-order chi connectivity index (χ0) is 13.2. The van der Waals surface area contributed by atoms with Crippen LogP contribution >= 0.6 is 0 Å². The first kappa shape index (κ1) is 13.9. The monoisotopic (exact) mass is 244 g/mol. The molecule has 1 aromatic carbocycles. The highest BCUT2D eigenvalue weighted by atomic mass is 19.3. The first-order valence-electron chi connectivity index (χ1n) is 5.49. The molecule has 1 aromatic rings. The predicted molar refractivity (Wildman–Crippen MR) is 62.8 cm³/mol. The Hall–Kier alpha value is -1.16. The maximum absolute atomic E-state index is 13.8. The highest BCUT2D eigenvalue weighted by Crippen LogP contribution is 2.38. The fourth-order valence-electron chi connectivity index (χ4n) is 2.03. The third-order valence-electron chi connectivity index (χ3n) is 3.05. The molecule has 0 unspecified atom stereocenters. The van der Waals surface area contributed by atoms with Gasteiger partial charge in [0.2, 0.25) is 0 Å². The summed E-state index contributed by atoms with van der Waals surface area (Å²) in [6.07, 6.45) is -0.556. The number of ether oxygens (including phenoxy) is 1. The molecule has 2 nitrogen and oxygen atoms in total. The van der Waals surface area contributed by atoms with E-state index in [1.165, 1.54) is 13.2 Å². The lowest BCUT2D eigenvalue weighted by Gasteiger charge is -2.22. The molecule has 17 heavy (non-hydrogen) atoms. The molecular formula is C13H18F2O2. The van der Waals surface area contributed by atoms with Crippen molar-refractivity contribution in [3.63, 3.8) is 0 Å². The highest BCUT2D eigenvalue weighted by Gasteiger charge is 2.33. The van der Waals surface area contributed by atoms with E-state index in [9.17, 15) is 8.78 Å². The molecule has 4 heteroatoms. The first-order valence-corrected chi connectivity index (χ1v) is 5.49. The highest BCUT2D eigenvalue weighted by molar-refractivity contribution is 5.50. The quantitative estimate of drug-likeness (QED) is 0.881. The van der Waals surface area contributed by atoms with Gasteiger partial charge in [0.1, 0.15) is 5.75 Å². The number of benzene rings is 1. The van der Waals surface area contributed by atoms with E-state index in [-0.39, 0.29) is 5.56 Å². The second kappa shape index (κ2) is 5.00. The van der Waals surface area contributed by atoms with Gasteiger partial charge in [0.15, 0.2) is 0 Å². The average Bonchev–Trinajstić information content (AvgIpc) is 2.24. The van der Waals surface area contributed by atoms with Gasteiger partial charge in [-0.05, 0) is 43.5 Å². The van der Waals surface area contributed by atoms with Crippen LogP contribution in [-0.4, -0.2) is 18.8 Å². The van der Waals surface area contributed by atoms with Gasteiger partial charge in [-0.3, -0.25) is 0 Å². The Morgan fingerprint density at radius 2 is 1.82 bits per heavy atom. The van der Waals surface area contributed by atoms with Gasteiger partial charge in [-0.2, -0.15) is 0 Å². The van der Waals surface area contributed by atoms with Crippen molar-refractivity contribution in [1.29, 1.82) is 0 Å². The van der Waals surface area contributed by atoms with Crippen molar-refractivity contribution in [2.24, 2.45) is 0 Å². The Morgan fingerprint density at radius 3 is 2.29 bits per heavy atom. The minimum absolute atomic E-state index is 0.0256. The van der Waals surface area contributed by atoms with Crippen molar-refractivity contribution in [1.82, 2.24) is 0 Å². The van der Waals surface area contributed by atoms with Crippen LogP contribution in [0.15, 0.2) is 6.07 Å². The number of hydrogen-bond donors (Lipinski definition) is 1. The number of aliphatic hydroxyl groups is 1. The number of aliphatic hydroxyl groups excluding tert-OH is 1. The molecule has 0 amide bonds. The number of alkyl halides is 2. The number of hydrogen-bond acceptors (Lipinski definition) is 2. The van der Waals surface area contributed by atoms with Gasteiger partial charge in [0.25, 0.3) is 5.92 Å². The smallest absolute Gasteiger partial charge is 0.275 e. The van der Waals surface area contributed by atoms with E-state index >= 15 is 0 Å². The summed E-state index contributed by atoms with van der Waals surface area (Å²) in [6.45, 7) is 4.62. The Balaban J connectivity index is 3.37. The fraction of sp³-hybridized carbons (Fsp3) is 0.538. The Kier molecular flexibility index (Phi) is 4.09. The van der Waals surface area contributed by atoms with Crippen molar-refractivity contribution in [3.8, 4) is 5.75 Å². The van der Waals surface area contributed by atoms with Gasteiger partial charge >= 0.3 is 0 Å². The summed E-state index contributed by atoms with van der Waals surface area (Å²) in [5, 5.41) is 8.69. The summed E-state index contributed by atoms with van der Waals surface area (Å²) in [7, 11) is 1.53. The fourth-order valence-corrected chi connectivity index (χ4v) is 2.03. The van der Waals surface area contributed by atoms with Crippen molar-refractivity contribution < 1.29 is 18.6 Å². The van der Waals surface area contributed by atoms with E-state index in [4.69, 9.17) is 9.84 Å². The van der Waals surface area contributed by atoms with E-state index in [1.807, 2.05) is 0 Å². The number of halogens is 2. The van der Waals surface area contributed by atoms with Gasteiger partial charge in [0.05, 0.1) is 7.11 Å². The van der Waals surface area contributed by atoms with Crippen molar-refractivity contribution in [2.75, 3.05) is 13.7 Å². The molecule has 0 heterocycles. The van der Waals surface area contributed by atoms with Gasteiger partial charge in [-0.15, -0.1) is 0 Å². The zero-order valence-electron chi connectivity index (χ0n) is 10.6. The van der Waals surface area contributed by atoms with E-state index in [2.05, 4.69) is 0 Å². The second-order valence-corrected chi connectivity index (χ2v) is 4.20. The SMILES string of the molecule is COc1c(C)cc(C(F)(F)CCO)c(C)c1C. The van der Waals surface area contributed by atoms with Crippen LogP contribution < -0.4 is 4.74 Å². The van der Waals surface area contributed by atoms with Gasteiger partial charge in [0, 0.05) is 18.6 Å². The largest absolute Gasteiger partial charge is 0.496 e. The lowest BCUT2D eigenvalue weighted by molar-refractivity contribution is -0.0276. The van der Waals surface area contributed by atoms with E-state index in [0.29, 0.717) is 16.9 Å².